The minimum Gasteiger partial charge on any atom is -0.481 e. The Morgan fingerprint density at radius 3 is 1.89 bits per heavy atom. The van der Waals surface area contributed by atoms with Crippen molar-refractivity contribution < 1.29 is 41.0 Å². The third-order valence-electron chi connectivity index (χ3n) is 2.50. The van der Waals surface area contributed by atoms with Crippen LogP contribution in [0.4, 0.5) is 26.3 Å². The fourth-order valence-electron chi connectivity index (χ4n) is 1.60. The van der Waals surface area contributed by atoms with Gasteiger partial charge in [0.2, 0.25) is 0 Å². The van der Waals surface area contributed by atoms with Crippen molar-refractivity contribution in [2.24, 2.45) is 0 Å². The molecule has 0 aromatic carbocycles. The van der Waals surface area contributed by atoms with E-state index in [0.717, 1.165) is 0 Å². The minimum absolute atomic E-state index is 0.00593. The second kappa shape index (κ2) is 4.89. The Labute approximate surface area is 103 Å². The summed E-state index contributed by atoms with van der Waals surface area (Å²) >= 11 is 0. The van der Waals surface area contributed by atoms with E-state index in [2.05, 4.69) is 0 Å². The van der Waals surface area contributed by atoms with E-state index >= 15 is 0 Å². The van der Waals surface area contributed by atoms with Crippen molar-refractivity contribution in [2.75, 3.05) is 0 Å². The zero-order valence-corrected chi connectivity index (χ0v) is 9.25. The number of carbonyl (C=O) groups excluding carboxylic acids is 1. The van der Waals surface area contributed by atoms with Crippen molar-refractivity contribution >= 4 is 11.9 Å². The highest BCUT2D eigenvalue weighted by atomic mass is 19.4. The number of amides is 1. The number of nitrogens with zero attached hydrogens (tertiary/aromatic N) is 1. The largest absolute Gasteiger partial charge is 0.481 e. The van der Waals surface area contributed by atoms with Crippen molar-refractivity contribution in [3.05, 3.63) is 0 Å². The standard InChI is InChI=1S/C9H9F6NO3/c10-8(11,12)5(3-6(17)18)16(4-1-2-4)7(19)9(13,14)15/h4-5H,1-3H2,(H,17,18). The molecule has 1 fully saturated rings. The zero-order valence-electron chi connectivity index (χ0n) is 9.25. The average Bonchev–Trinajstić information content (AvgIpc) is 2.96. The molecule has 1 atom stereocenters. The molecule has 1 unspecified atom stereocenters. The number of carbonyl (C=O) groups is 2. The summed E-state index contributed by atoms with van der Waals surface area (Å²) in [5.74, 6) is -4.58. The maximum atomic E-state index is 12.6. The number of carboxylic acids is 1. The highest BCUT2D eigenvalue weighted by Gasteiger charge is 2.56. The van der Waals surface area contributed by atoms with Crippen LogP contribution >= 0.6 is 0 Å². The lowest BCUT2D eigenvalue weighted by Gasteiger charge is -2.32. The first-order valence-electron chi connectivity index (χ1n) is 5.12. The number of alkyl halides is 6. The lowest BCUT2D eigenvalue weighted by Crippen LogP contribution is -2.54. The van der Waals surface area contributed by atoms with E-state index in [9.17, 15) is 35.9 Å². The average molecular weight is 293 g/mol. The van der Waals surface area contributed by atoms with Crippen LogP contribution < -0.4 is 0 Å². The molecule has 1 rings (SSSR count). The summed E-state index contributed by atoms with van der Waals surface area (Å²) in [5.41, 5.74) is 0. The van der Waals surface area contributed by atoms with Gasteiger partial charge in [0, 0.05) is 6.04 Å². The maximum absolute atomic E-state index is 12.6. The highest BCUT2D eigenvalue weighted by molar-refractivity contribution is 5.83. The topological polar surface area (TPSA) is 57.6 Å². The molecule has 0 heterocycles. The highest BCUT2D eigenvalue weighted by Crippen LogP contribution is 2.38. The molecule has 1 aliphatic rings. The Hall–Kier alpha value is -1.48. The molecule has 1 amide bonds. The van der Waals surface area contributed by atoms with Crippen LogP contribution in [0.2, 0.25) is 0 Å². The van der Waals surface area contributed by atoms with Gasteiger partial charge in [-0.1, -0.05) is 0 Å². The molecule has 1 aliphatic carbocycles. The number of rotatable bonds is 4. The first-order chi connectivity index (χ1) is 8.44. The Kier molecular flexibility index (Phi) is 4.01. The summed E-state index contributed by atoms with van der Waals surface area (Å²) in [4.78, 5) is 21.0. The molecule has 10 heteroatoms. The molecule has 110 valence electrons. The third kappa shape index (κ3) is 4.00. The fourth-order valence-corrected chi connectivity index (χ4v) is 1.60. The van der Waals surface area contributed by atoms with E-state index in [0.29, 0.717) is 0 Å². The van der Waals surface area contributed by atoms with E-state index < -0.39 is 47.6 Å². The van der Waals surface area contributed by atoms with Gasteiger partial charge in [-0.25, -0.2) is 0 Å². The molecule has 1 saturated carbocycles. The second-order valence-corrected chi connectivity index (χ2v) is 4.10. The molecular formula is C9H9F6NO3. The number of hydrogen-bond acceptors (Lipinski definition) is 2. The van der Waals surface area contributed by atoms with E-state index in [-0.39, 0.29) is 12.8 Å². The third-order valence-corrected chi connectivity index (χ3v) is 2.50. The van der Waals surface area contributed by atoms with Crippen LogP contribution in [0.25, 0.3) is 0 Å². The van der Waals surface area contributed by atoms with Gasteiger partial charge in [0.1, 0.15) is 6.04 Å². The Morgan fingerprint density at radius 2 is 1.63 bits per heavy atom. The summed E-state index contributed by atoms with van der Waals surface area (Å²) in [6.07, 6.45) is -12.3. The summed E-state index contributed by atoms with van der Waals surface area (Å²) in [7, 11) is 0. The van der Waals surface area contributed by atoms with Crippen LogP contribution in [0.5, 0.6) is 0 Å². The van der Waals surface area contributed by atoms with Crippen LogP contribution in [0.1, 0.15) is 19.3 Å². The van der Waals surface area contributed by atoms with Gasteiger partial charge in [-0.15, -0.1) is 0 Å². The molecule has 0 aromatic heterocycles. The molecule has 0 bridgehead atoms. The summed E-state index contributed by atoms with van der Waals surface area (Å²) in [6, 6.07) is -4.17. The van der Waals surface area contributed by atoms with Gasteiger partial charge in [0.05, 0.1) is 6.42 Å². The molecule has 0 aromatic rings. The molecule has 0 aliphatic heterocycles. The normalized spacial score (nSPS) is 18.0. The SMILES string of the molecule is O=C(O)CC(N(C(=O)C(F)(F)F)C1CC1)C(F)(F)F. The minimum atomic E-state index is -5.47. The molecule has 0 saturated heterocycles. The number of halogens is 6. The molecule has 1 N–H and O–H groups in total. The number of hydrogen-bond donors (Lipinski definition) is 1. The van der Waals surface area contributed by atoms with Crippen molar-refractivity contribution in [1.29, 1.82) is 0 Å². The quantitative estimate of drug-likeness (QED) is 0.806. The summed E-state index contributed by atoms with van der Waals surface area (Å²) in [5, 5.41) is 8.36. The van der Waals surface area contributed by atoms with Crippen LogP contribution in [0.15, 0.2) is 0 Å². The Morgan fingerprint density at radius 1 is 1.16 bits per heavy atom. The molecule has 0 spiro atoms. The van der Waals surface area contributed by atoms with Crippen LogP contribution in [-0.4, -0.2) is 46.3 Å². The zero-order chi connectivity index (χ0) is 15.0. The van der Waals surface area contributed by atoms with E-state index in [4.69, 9.17) is 5.11 Å². The van der Waals surface area contributed by atoms with Crippen LogP contribution in [0.3, 0.4) is 0 Å². The van der Waals surface area contributed by atoms with E-state index in [1.54, 1.807) is 0 Å². The van der Waals surface area contributed by atoms with Gasteiger partial charge < -0.3 is 10.0 Å². The Bertz CT molecular complexity index is 373. The van der Waals surface area contributed by atoms with Crippen molar-refractivity contribution in [3.8, 4) is 0 Å². The Balaban J connectivity index is 3.06. The molecule has 4 nitrogen and oxygen atoms in total. The predicted octanol–water partition coefficient (Wildman–Crippen LogP) is 1.95. The van der Waals surface area contributed by atoms with Crippen molar-refractivity contribution in [2.45, 2.75) is 43.7 Å². The number of aliphatic carboxylic acids is 1. The van der Waals surface area contributed by atoms with E-state index in [1.165, 1.54) is 0 Å². The molecule has 0 radical (unpaired) electrons. The fraction of sp³-hybridized carbons (Fsp3) is 0.778. The predicted molar refractivity (Wildman–Crippen MR) is 48.0 cm³/mol. The maximum Gasteiger partial charge on any atom is 0.471 e. The summed E-state index contributed by atoms with van der Waals surface area (Å²) in [6.45, 7) is 0. The first kappa shape index (κ1) is 15.6. The smallest absolute Gasteiger partial charge is 0.471 e. The first-order valence-corrected chi connectivity index (χ1v) is 5.12. The van der Waals surface area contributed by atoms with E-state index in [1.807, 2.05) is 0 Å². The van der Waals surface area contributed by atoms with Gasteiger partial charge >= 0.3 is 24.2 Å². The lowest BCUT2D eigenvalue weighted by molar-refractivity contribution is -0.217. The number of carboxylic acid groups (broad SMARTS) is 1. The van der Waals surface area contributed by atoms with Crippen LogP contribution in [0, 0.1) is 0 Å². The monoisotopic (exact) mass is 293 g/mol. The summed E-state index contributed by atoms with van der Waals surface area (Å²) < 4.78 is 74.7. The lowest BCUT2D eigenvalue weighted by atomic mass is 10.1. The molecular weight excluding hydrogens is 284 g/mol. The van der Waals surface area contributed by atoms with Gasteiger partial charge in [-0.2, -0.15) is 26.3 Å². The molecule has 19 heavy (non-hydrogen) atoms. The van der Waals surface area contributed by atoms with Gasteiger partial charge in [0.15, 0.2) is 0 Å². The second-order valence-electron chi connectivity index (χ2n) is 4.10. The van der Waals surface area contributed by atoms with Crippen LogP contribution in [-0.2, 0) is 9.59 Å². The van der Waals surface area contributed by atoms with Gasteiger partial charge in [-0.05, 0) is 12.8 Å². The van der Waals surface area contributed by atoms with Crippen molar-refractivity contribution in [3.63, 3.8) is 0 Å². The van der Waals surface area contributed by atoms with Gasteiger partial charge in [0.25, 0.3) is 0 Å². The van der Waals surface area contributed by atoms with Gasteiger partial charge in [-0.3, -0.25) is 9.59 Å². The van der Waals surface area contributed by atoms with Crippen molar-refractivity contribution in [1.82, 2.24) is 4.90 Å².